The number of hydrogen-bond donors (Lipinski definition) is 2. The zero-order chi connectivity index (χ0) is 35.3. The second-order valence-electron chi connectivity index (χ2n) is 13.9. The first-order valence-corrected chi connectivity index (χ1v) is 18.8. The number of nitrogens with one attached hydrogen (secondary N) is 1. The fraction of sp³-hybridized carbons (Fsp3) is 0.622. The number of likely N-dealkylation sites (tertiary alicyclic amines) is 1. The minimum Gasteiger partial charge on any atom is -0.455 e. The molecule has 5 heterocycles. The van der Waals surface area contributed by atoms with Crippen LogP contribution in [0, 0.1) is 11.8 Å². The third-order valence-corrected chi connectivity index (χ3v) is 11.3. The van der Waals surface area contributed by atoms with E-state index in [1.54, 1.807) is 9.80 Å². The van der Waals surface area contributed by atoms with Crippen molar-refractivity contribution < 1.29 is 38.5 Å². The molecule has 0 saturated carbocycles. The number of amides is 3. The van der Waals surface area contributed by atoms with E-state index in [0.29, 0.717) is 68.7 Å². The van der Waals surface area contributed by atoms with E-state index in [-0.39, 0.29) is 30.7 Å². The quantitative estimate of drug-likeness (QED) is 0.210. The molecule has 12 nitrogen and oxygen atoms in total. The number of allylic oxidation sites excluding steroid dienone is 1. The summed E-state index contributed by atoms with van der Waals surface area (Å²) in [7, 11) is 0. The molecule has 1 aromatic rings. The van der Waals surface area contributed by atoms with Crippen molar-refractivity contribution in [2.75, 3.05) is 59.1 Å². The molecular formula is C37H49BrN4O8. The topological polar surface area (TPSA) is 138 Å². The summed E-state index contributed by atoms with van der Waals surface area (Å²) in [5, 5.41) is 12.3. The molecule has 272 valence electrons. The zero-order valence-corrected chi connectivity index (χ0v) is 30.3. The molecule has 3 amide bonds. The summed E-state index contributed by atoms with van der Waals surface area (Å²) >= 11 is 3.64. The van der Waals surface area contributed by atoms with E-state index in [1.165, 1.54) is 0 Å². The first-order chi connectivity index (χ1) is 24.2. The fourth-order valence-corrected chi connectivity index (χ4v) is 8.78. The number of carbonyl (C=O) groups excluding carboxylic acids is 4. The van der Waals surface area contributed by atoms with Gasteiger partial charge >= 0.3 is 5.97 Å². The van der Waals surface area contributed by atoms with Gasteiger partial charge in [0.25, 0.3) is 0 Å². The molecule has 0 aliphatic carbocycles. The third kappa shape index (κ3) is 7.57. The summed E-state index contributed by atoms with van der Waals surface area (Å²) in [6.07, 6.45) is 7.65. The van der Waals surface area contributed by atoms with Crippen LogP contribution in [-0.4, -0.2) is 126 Å². The molecule has 2 N–H and O–H groups in total. The van der Waals surface area contributed by atoms with E-state index in [1.807, 2.05) is 55.5 Å². The number of carbonyl (C=O) groups is 4. The van der Waals surface area contributed by atoms with Crippen LogP contribution in [-0.2, 0) is 33.4 Å². The van der Waals surface area contributed by atoms with Crippen molar-refractivity contribution in [1.82, 2.24) is 20.0 Å². The third-order valence-electron chi connectivity index (χ3n) is 10.6. The molecule has 3 saturated heterocycles. The lowest BCUT2D eigenvalue weighted by Gasteiger charge is -2.37. The van der Waals surface area contributed by atoms with Crippen LogP contribution in [0.4, 0.5) is 0 Å². The molecule has 50 heavy (non-hydrogen) atoms. The summed E-state index contributed by atoms with van der Waals surface area (Å²) in [6.45, 7) is 6.41. The van der Waals surface area contributed by atoms with E-state index in [2.05, 4.69) is 26.1 Å². The average molecular weight is 758 g/mol. The van der Waals surface area contributed by atoms with Crippen molar-refractivity contribution in [3.8, 4) is 0 Å². The Morgan fingerprint density at radius 1 is 0.940 bits per heavy atom. The van der Waals surface area contributed by atoms with Gasteiger partial charge < -0.3 is 34.4 Å². The highest BCUT2D eigenvalue weighted by atomic mass is 79.9. The molecule has 0 radical (unpaired) electrons. The van der Waals surface area contributed by atoms with Gasteiger partial charge in [0.1, 0.15) is 29.8 Å². The van der Waals surface area contributed by atoms with E-state index in [9.17, 15) is 24.3 Å². The minimum atomic E-state index is -1.36. The highest BCUT2D eigenvalue weighted by molar-refractivity contribution is 9.11. The summed E-state index contributed by atoms with van der Waals surface area (Å²) in [5.74, 6) is -3.28. The molecule has 5 bridgehead atoms. The van der Waals surface area contributed by atoms with E-state index in [0.717, 1.165) is 25.9 Å². The van der Waals surface area contributed by atoms with Crippen molar-refractivity contribution in [3.63, 3.8) is 0 Å². The monoisotopic (exact) mass is 756 g/mol. The molecule has 1 aromatic carbocycles. The van der Waals surface area contributed by atoms with Gasteiger partial charge in [-0.05, 0) is 37.8 Å². The summed E-state index contributed by atoms with van der Waals surface area (Å²) in [6, 6.07) is 7.72. The van der Waals surface area contributed by atoms with Crippen LogP contribution >= 0.6 is 15.9 Å². The van der Waals surface area contributed by atoms with Crippen LogP contribution < -0.4 is 5.32 Å². The fourth-order valence-electron chi connectivity index (χ4n) is 8.05. The predicted octanol–water partition coefficient (Wildman–Crippen LogP) is 2.71. The van der Waals surface area contributed by atoms with Crippen molar-refractivity contribution in [3.05, 3.63) is 58.6 Å². The lowest BCUT2D eigenvalue weighted by Crippen LogP contribution is -2.57. The van der Waals surface area contributed by atoms with Crippen LogP contribution in [0.3, 0.4) is 0 Å². The van der Waals surface area contributed by atoms with Gasteiger partial charge in [0.2, 0.25) is 17.7 Å². The van der Waals surface area contributed by atoms with E-state index < -0.39 is 47.7 Å². The number of rotatable bonds is 10. The number of cyclic esters (lactones) is 1. The lowest BCUT2D eigenvalue weighted by molar-refractivity contribution is -0.161. The average Bonchev–Trinajstić information content (AvgIpc) is 3.71. The molecule has 5 aliphatic rings. The first-order valence-electron chi connectivity index (χ1n) is 18.0. The van der Waals surface area contributed by atoms with Crippen molar-refractivity contribution >= 4 is 39.6 Å². The zero-order valence-electron chi connectivity index (χ0n) is 28.7. The molecule has 6 rings (SSSR count). The molecule has 0 aromatic heterocycles. The molecule has 0 unspecified atom stereocenters. The molecular weight excluding hydrogens is 708 g/mol. The number of ether oxygens (including phenoxy) is 3. The SMILES string of the molecule is C[C@@H]1NC(=O)CC/C=C\CN(CCN2CCOCC2)C(=O)[C@H]2N(CCCCCCO)C(=O)[C@@H]3[C@@H](C(=O)O[C@H]1c1ccccc1)[C@@H]1O[C@@]32C=C1Br. The Balaban J connectivity index is 1.37. The highest BCUT2D eigenvalue weighted by Crippen LogP contribution is 2.59. The van der Waals surface area contributed by atoms with Crippen molar-refractivity contribution in [2.24, 2.45) is 11.8 Å². The van der Waals surface area contributed by atoms with Gasteiger partial charge in [0.15, 0.2) is 0 Å². The van der Waals surface area contributed by atoms with Crippen LogP contribution in [0.15, 0.2) is 53.0 Å². The van der Waals surface area contributed by atoms with Gasteiger partial charge in [-0.2, -0.15) is 0 Å². The molecule has 13 heteroatoms. The van der Waals surface area contributed by atoms with Gasteiger partial charge in [-0.1, -0.05) is 71.3 Å². The lowest BCUT2D eigenvalue weighted by atomic mass is 9.74. The van der Waals surface area contributed by atoms with Gasteiger partial charge in [-0.3, -0.25) is 24.1 Å². The van der Waals surface area contributed by atoms with Crippen LogP contribution in [0.25, 0.3) is 0 Å². The summed E-state index contributed by atoms with van der Waals surface area (Å²) < 4.78 is 19.1. The van der Waals surface area contributed by atoms with Crippen LogP contribution in [0.5, 0.6) is 0 Å². The largest absolute Gasteiger partial charge is 0.455 e. The van der Waals surface area contributed by atoms with Gasteiger partial charge in [-0.25, -0.2) is 0 Å². The summed E-state index contributed by atoms with van der Waals surface area (Å²) in [5.41, 5.74) is -0.644. The van der Waals surface area contributed by atoms with Crippen molar-refractivity contribution in [1.29, 1.82) is 0 Å². The molecule has 1 spiro atoms. The second-order valence-corrected chi connectivity index (χ2v) is 14.8. The number of aliphatic hydroxyl groups is 1. The smallest absolute Gasteiger partial charge is 0.313 e. The Kier molecular flexibility index (Phi) is 12.1. The predicted molar refractivity (Wildman–Crippen MR) is 188 cm³/mol. The first kappa shape index (κ1) is 36.7. The number of halogens is 1. The van der Waals surface area contributed by atoms with Crippen molar-refractivity contribution in [2.45, 2.75) is 75.3 Å². The Labute approximate surface area is 302 Å². The number of benzene rings is 1. The number of fused-ring (bicyclic) bond motifs is 2. The second kappa shape index (κ2) is 16.5. The maximum absolute atomic E-state index is 14.9. The molecule has 3 fully saturated rings. The van der Waals surface area contributed by atoms with Gasteiger partial charge in [0, 0.05) is 56.8 Å². The Morgan fingerprint density at radius 2 is 1.70 bits per heavy atom. The minimum absolute atomic E-state index is 0.102. The van der Waals surface area contributed by atoms with Crippen LogP contribution in [0.1, 0.15) is 57.1 Å². The number of aliphatic hydroxyl groups excluding tert-OH is 1. The Hall–Kier alpha value is -3.10. The standard InChI is InChI=1S/C37H49BrN4O8/c1-25-31(26-12-6-4-7-13-26)49-36(47)29-30-34(45)42(16-10-2-3-11-21-43)33(37(30)24-27(38)32(29)50-37)35(46)41(15-9-5-8-14-28(44)39-25)18-17-40-19-22-48-23-20-40/h4-7,9,12-13,24-25,29-33,43H,2-3,8,10-11,14-23H2,1H3,(H,39,44)/b9-5-/t25-,29+,30-,31+,32+,33+,37-/m0/s1. The number of hydrogen-bond acceptors (Lipinski definition) is 9. The summed E-state index contributed by atoms with van der Waals surface area (Å²) in [4.78, 5) is 62.6. The maximum atomic E-state index is 14.9. The number of nitrogens with zero attached hydrogens (tertiary/aromatic N) is 3. The van der Waals surface area contributed by atoms with E-state index in [4.69, 9.17) is 14.2 Å². The Bertz CT molecular complexity index is 1450. The number of morpholine rings is 1. The molecule has 7 atom stereocenters. The van der Waals surface area contributed by atoms with Gasteiger partial charge in [-0.15, -0.1) is 0 Å². The van der Waals surface area contributed by atoms with Crippen LogP contribution in [0.2, 0.25) is 0 Å². The van der Waals surface area contributed by atoms with Gasteiger partial charge in [0.05, 0.1) is 25.2 Å². The normalized spacial score (nSPS) is 32.9. The maximum Gasteiger partial charge on any atom is 0.313 e. The number of unbranched alkanes of at least 4 members (excludes halogenated alkanes) is 3. The highest BCUT2D eigenvalue weighted by Gasteiger charge is 2.75. The molecule has 5 aliphatic heterocycles. The Morgan fingerprint density at radius 3 is 2.46 bits per heavy atom. The van der Waals surface area contributed by atoms with E-state index >= 15 is 0 Å². The number of esters is 1.